The summed E-state index contributed by atoms with van der Waals surface area (Å²) in [5.74, 6) is -0.458. The molecule has 2 aliphatic rings. The van der Waals surface area contributed by atoms with Crippen molar-refractivity contribution in [2.45, 2.75) is 31.0 Å². The van der Waals surface area contributed by atoms with Gasteiger partial charge in [-0.15, -0.1) is 0 Å². The molecule has 0 radical (unpaired) electrons. The normalized spacial score (nSPS) is 26.4. The van der Waals surface area contributed by atoms with Gasteiger partial charge in [0.2, 0.25) is 0 Å². The zero-order valence-corrected chi connectivity index (χ0v) is 10.1. The number of aromatic nitrogens is 2. The zero-order chi connectivity index (χ0) is 12.4. The molecule has 2 saturated heterocycles. The second-order valence-electron chi connectivity index (χ2n) is 4.87. The maximum absolute atomic E-state index is 12.7. The van der Waals surface area contributed by atoms with Crippen molar-refractivity contribution in [3.8, 4) is 6.01 Å². The summed E-state index contributed by atoms with van der Waals surface area (Å²) in [6, 6.07) is 0.219. The average molecular weight is 253 g/mol. The van der Waals surface area contributed by atoms with Gasteiger partial charge >= 0.3 is 6.01 Å². The monoisotopic (exact) mass is 253 g/mol. The Kier molecular flexibility index (Phi) is 3.13. The van der Waals surface area contributed by atoms with E-state index in [-0.39, 0.29) is 17.7 Å². The van der Waals surface area contributed by atoms with Crippen molar-refractivity contribution in [1.29, 1.82) is 0 Å². The number of piperidine rings is 1. The smallest absolute Gasteiger partial charge is 0.316 e. The molecule has 0 aliphatic carbocycles. The quantitative estimate of drug-likeness (QED) is 0.849. The van der Waals surface area contributed by atoms with Crippen LogP contribution >= 0.6 is 0 Å². The summed E-state index contributed by atoms with van der Waals surface area (Å²) in [4.78, 5) is 7.60. The minimum Gasteiger partial charge on any atom is -0.458 e. The van der Waals surface area contributed by atoms with Gasteiger partial charge in [-0.1, -0.05) is 0 Å². The Labute approximate surface area is 105 Å². The largest absolute Gasteiger partial charge is 0.458 e. The van der Waals surface area contributed by atoms with E-state index in [1.54, 1.807) is 0 Å². The van der Waals surface area contributed by atoms with Crippen LogP contribution in [0.2, 0.25) is 0 Å². The van der Waals surface area contributed by atoms with Crippen molar-refractivity contribution in [3.63, 3.8) is 0 Å². The van der Waals surface area contributed by atoms with E-state index < -0.39 is 5.82 Å². The molecule has 0 amide bonds. The predicted molar refractivity (Wildman–Crippen MR) is 61.8 cm³/mol. The van der Waals surface area contributed by atoms with Crippen LogP contribution in [0.5, 0.6) is 6.01 Å². The Morgan fingerprint density at radius 3 is 2.78 bits per heavy atom. The lowest BCUT2D eigenvalue weighted by molar-refractivity contribution is -0.0206. The lowest BCUT2D eigenvalue weighted by atomic mass is 9.89. The standard InChI is InChI=1S/C12H16FN3O2/c13-9-6-15-11(16-7-9)18-10-5-12(17-8-10)1-3-14-4-2-12/h6-7,10,14H,1-5,8H2. The Hall–Kier alpha value is -1.27. The predicted octanol–water partition coefficient (Wildman–Crippen LogP) is 0.906. The van der Waals surface area contributed by atoms with Crippen molar-refractivity contribution in [2.24, 2.45) is 0 Å². The first kappa shape index (κ1) is 11.8. The molecule has 2 fully saturated rings. The fourth-order valence-electron chi connectivity index (χ4n) is 2.62. The van der Waals surface area contributed by atoms with Crippen LogP contribution in [0.3, 0.4) is 0 Å². The molecule has 1 spiro atoms. The molecule has 5 nitrogen and oxygen atoms in total. The average Bonchev–Trinajstić information content (AvgIpc) is 2.76. The molecule has 6 heteroatoms. The minimum absolute atomic E-state index is 0.0337. The van der Waals surface area contributed by atoms with Crippen LogP contribution in [-0.2, 0) is 4.74 Å². The second kappa shape index (κ2) is 4.78. The van der Waals surface area contributed by atoms with Crippen LogP contribution in [0.25, 0.3) is 0 Å². The molecule has 3 rings (SSSR count). The fraction of sp³-hybridized carbons (Fsp3) is 0.667. The molecule has 0 bridgehead atoms. The summed E-state index contributed by atoms with van der Waals surface area (Å²) in [5, 5.41) is 3.32. The fourth-order valence-corrected chi connectivity index (χ4v) is 2.62. The number of nitrogens with zero attached hydrogens (tertiary/aromatic N) is 2. The lowest BCUT2D eigenvalue weighted by Crippen LogP contribution is -2.41. The van der Waals surface area contributed by atoms with Gasteiger partial charge < -0.3 is 14.8 Å². The molecule has 1 aromatic heterocycles. The molecule has 1 N–H and O–H groups in total. The molecule has 1 atom stereocenters. The molecule has 0 saturated carbocycles. The van der Waals surface area contributed by atoms with Crippen LogP contribution in [0, 0.1) is 5.82 Å². The highest BCUT2D eigenvalue weighted by molar-refractivity contribution is 4.99. The van der Waals surface area contributed by atoms with Crippen molar-refractivity contribution in [3.05, 3.63) is 18.2 Å². The molecule has 3 heterocycles. The Balaban J connectivity index is 1.60. The highest BCUT2D eigenvalue weighted by Crippen LogP contribution is 2.35. The van der Waals surface area contributed by atoms with E-state index in [1.165, 1.54) is 0 Å². The summed E-state index contributed by atoms with van der Waals surface area (Å²) in [5.41, 5.74) is -0.0457. The second-order valence-corrected chi connectivity index (χ2v) is 4.87. The van der Waals surface area contributed by atoms with Crippen LogP contribution < -0.4 is 10.1 Å². The number of hydrogen-bond acceptors (Lipinski definition) is 5. The van der Waals surface area contributed by atoms with Crippen molar-refractivity contribution < 1.29 is 13.9 Å². The van der Waals surface area contributed by atoms with E-state index in [1.807, 2.05) is 0 Å². The lowest BCUT2D eigenvalue weighted by Gasteiger charge is -2.32. The van der Waals surface area contributed by atoms with Crippen LogP contribution in [0.1, 0.15) is 19.3 Å². The van der Waals surface area contributed by atoms with Gasteiger partial charge in [0, 0.05) is 6.42 Å². The van der Waals surface area contributed by atoms with Gasteiger partial charge in [-0.2, -0.15) is 0 Å². The summed E-state index contributed by atoms with van der Waals surface area (Å²) in [7, 11) is 0. The summed E-state index contributed by atoms with van der Waals surface area (Å²) in [6.07, 6.45) is 5.06. The third kappa shape index (κ3) is 2.44. The van der Waals surface area contributed by atoms with Crippen molar-refractivity contribution in [1.82, 2.24) is 15.3 Å². The van der Waals surface area contributed by atoms with E-state index in [0.717, 1.165) is 44.7 Å². The summed E-state index contributed by atoms with van der Waals surface area (Å²) < 4.78 is 24.2. The number of nitrogens with one attached hydrogen (secondary N) is 1. The van der Waals surface area contributed by atoms with Gasteiger partial charge in [-0.25, -0.2) is 14.4 Å². The third-order valence-electron chi connectivity index (χ3n) is 3.56. The van der Waals surface area contributed by atoms with Gasteiger partial charge in [-0.3, -0.25) is 0 Å². The van der Waals surface area contributed by atoms with E-state index in [2.05, 4.69) is 15.3 Å². The Morgan fingerprint density at radius 1 is 1.33 bits per heavy atom. The zero-order valence-electron chi connectivity index (χ0n) is 10.1. The van der Waals surface area contributed by atoms with Crippen molar-refractivity contribution >= 4 is 0 Å². The SMILES string of the molecule is Fc1cnc(OC2COC3(CCNCC3)C2)nc1. The molecule has 98 valence electrons. The third-order valence-corrected chi connectivity index (χ3v) is 3.56. The number of ether oxygens (including phenoxy) is 2. The van der Waals surface area contributed by atoms with E-state index in [0.29, 0.717) is 6.61 Å². The first-order valence-corrected chi connectivity index (χ1v) is 6.25. The van der Waals surface area contributed by atoms with E-state index in [4.69, 9.17) is 9.47 Å². The topological polar surface area (TPSA) is 56.3 Å². The van der Waals surface area contributed by atoms with Gasteiger partial charge in [0.1, 0.15) is 6.10 Å². The van der Waals surface area contributed by atoms with E-state index >= 15 is 0 Å². The molecule has 1 unspecified atom stereocenters. The highest BCUT2D eigenvalue weighted by atomic mass is 19.1. The molecule has 1 aromatic rings. The maximum atomic E-state index is 12.7. The maximum Gasteiger partial charge on any atom is 0.316 e. The number of rotatable bonds is 2. The Bertz CT molecular complexity index is 406. The molecule has 0 aromatic carbocycles. The van der Waals surface area contributed by atoms with Crippen LogP contribution in [-0.4, -0.2) is 41.4 Å². The van der Waals surface area contributed by atoms with Crippen molar-refractivity contribution in [2.75, 3.05) is 19.7 Å². The number of hydrogen-bond donors (Lipinski definition) is 1. The number of halogens is 1. The summed E-state index contributed by atoms with van der Waals surface area (Å²) >= 11 is 0. The van der Waals surface area contributed by atoms with Gasteiger partial charge in [-0.05, 0) is 25.9 Å². The summed E-state index contributed by atoms with van der Waals surface area (Å²) in [6.45, 7) is 2.53. The first-order valence-electron chi connectivity index (χ1n) is 6.25. The van der Waals surface area contributed by atoms with Gasteiger partial charge in [0.15, 0.2) is 5.82 Å². The van der Waals surface area contributed by atoms with E-state index in [9.17, 15) is 4.39 Å². The molecular weight excluding hydrogens is 237 g/mol. The minimum atomic E-state index is -0.458. The molecule has 2 aliphatic heterocycles. The first-order chi connectivity index (χ1) is 8.76. The van der Waals surface area contributed by atoms with Crippen LogP contribution in [0.15, 0.2) is 12.4 Å². The molecular formula is C12H16FN3O2. The van der Waals surface area contributed by atoms with Crippen LogP contribution in [0.4, 0.5) is 4.39 Å². The molecule has 18 heavy (non-hydrogen) atoms. The Morgan fingerprint density at radius 2 is 2.06 bits per heavy atom. The van der Waals surface area contributed by atoms with Gasteiger partial charge in [0.25, 0.3) is 0 Å². The highest BCUT2D eigenvalue weighted by Gasteiger charge is 2.42. The van der Waals surface area contributed by atoms with Gasteiger partial charge in [0.05, 0.1) is 24.6 Å².